The van der Waals surface area contributed by atoms with E-state index in [4.69, 9.17) is 8.37 Å². The van der Waals surface area contributed by atoms with Crippen molar-refractivity contribution in [3.63, 3.8) is 0 Å². The first-order chi connectivity index (χ1) is 15.1. The van der Waals surface area contributed by atoms with E-state index in [1.54, 1.807) is 0 Å². The second-order valence-corrected chi connectivity index (χ2v) is 10.4. The van der Waals surface area contributed by atoms with Crippen LogP contribution in [0.5, 0.6) is 0 Å². The Morgan fingerprint density at radius 3 is 0.875 bits per heavy atom. The normalized spacial score (nSPS) is 11.6. The zero-order chi connectivity index (χ0) is 22.9. The van der Waals surface area contributed by atoms with Gasteiger partial charge in [0.05, 0.1) is 13.2 Å². The van der Waals surface area contributed by atoms with E-state index in [1.165, 1.54) is 109 Å². The molecular weight excluding hydrogens is 431 g/mol. The summed E-state index contributed by atoms with van der Waals surface area (Å²) in [6.07, 6.45) is 27.3. The largest absolute Gasteiger partial charge is 0.399 e. The van der Waals surface area contributed by atoms with E-state index in [1.807, 2.05) is 0 Å². The predicted molar refractivity (Wildman–Crippen MR) is 139 cm³/mol. The fraction of sp³-hybridized carbons (Fsp3) is 1.00. The van der Waals surface area contributed by atoms with Crippen molar-refractivity contribution in [2.45, 2.75) is 155 Å². The van der Waals surface area contributed by atoms with Crippen LogP contribution < -0.4 is 0 Å². The molecule has 0 saturated heterocycles. The quantitative estimate of drug-likeness (QED) is 0.0910. The van der Waals surface area contributed by atoms with Crippen LogP contribution in [-0.4, -0.2) is 51.2 Å². The summed E-state index contributed by atoms with van der Waals surface area (Å²) in [5.41, 5.74) is 0. The van der Waals surface area contributed by atoms with Crippen molar-refractivity contribution in [3.05, 3.63) is 0 Å². The van der Waals surface area contributed by atoms with Crippen molar-refractivity contribution in [3.8, 4) is 0 Å². The zero-order valence-corrected chi connectivity index (χ0v) is 24.8. The zero-order valence-electron chi connectivity index (χ0n) is 22.0. The van der Waals surface area contributed by atoms with Crippen molar-refractivity contribution in [1.82, 2.24) is 0 Å². The van der Waals surface area contributed by atoms with Crippen LogP contribution in [-0.2, 0) is 18.8 Å². The van der Waals surface area contributed by atoms with Crippen molar-refractivity contribution >= 4 is 40.0 Å². The van der Waals surface area contributed by atoms with E-state index < -0.39 is 10.4 Å². The van der Waals surface area contributed by atoms with Gasteiger partial charge in [-0.15, -0.1) is 0 Å². The fourth-order valence-corrected chi connectivity index (χ4v) is 4.60. The molecule has 32 heavy (non-hydrogen) atoms. The van der Waals surface area contributed by atoms with Crippen molar-refractivity contribution in [2.75, 3.05) is 13.2 Å². The molecule has 0 aromatic heterocycles. The first-order valence-electron chi connectivity index (χ1n) is 13.7. The van der Waals surface area contributed by atoms with E-state index in [9.17, 15) is 8.42 Å². The first kappa shape index (κ1) is 35.0. The molecule has 0 aromatic rings. The number of unbranched alkanes of at least 4 members (excludes halogenated alkanes) is 20. The summed E-state index contributed by atoms with van der Waals surface area (Å²) < 4.78 is 33.4. The summed E-state index contributed by atoms with van der Waals surface area (Å²) in [5, 5.41) is 0. The van der Waals surface area contributed by atoms with Gasteiger partial charge in [-0.2, -0.15) is 8.42 Å². The van der Waals surface area contributed by atoms with Crippen molar-refractivity contribution in [2.24, 2.45) is 0 Å². The smallest absolute Gasteiger partial charge is 0.248 e. The summed E-state index contributed by atoms with van der Waals surface area (Å²) in [6.45, 7) is 4.99. The summed E-state index contributed by atoms with van der Waals surface area (Å²) >= 11 is 0. The van der Waals surface area contributed by atoms with Gasteiger partial charge in [-0.1, -0.05) is 142 Å². The third-order valence-electron chi connectivity index (χ3n) is 5.95. The molecule has 0 amide bonds. The molecule has 0 aliphatic rings. The van der Waals surface area contributed by atoms with Gasteiger partial charge in [-0.3, -0.25) is 0 Å². The Morgan fingerprint density at radius 2 is 0.625 bits per heavy atom. The van der Waals surface area contributed by atoms with Gasteiger partial charge in [0.2, 0.25) is 0 Å². The molecule has 0 heterocycles. The van der Waals surface area contributed by atoms with Crippen molar-refractivity contribution in [1.29, 1.82) is 0 Å². The second kappa shape index (κ2) is 28.1. The fourth-order valence-electron chi connectivity index (χ4n) is 3.89. The molecule has 189 valence electrons. The molecule has 0 aliphatic heterocycles. The number of hydrogen-bond donors (Lipinski definition) is 0. The summed E-state index contributed by atoms with van der Waals surface area (Å²) in [5.74, 6) is 0. The monoisotopic (exact) mass is 485 g/mol. The number of rotatable bonds is 26. The minimum absolute atomic E-state index is 0. The molecule has 0 rings (SSSR count). The molecule has 6 heteroatoms. The maximum absolute atomic E-state index is 11.7. The molecule has 0 saturated carbocycles. The van der Waals surface area contributed by atoms with Crippen LogP contribution in [0.2, 0.25) is 0 Å². The molecule has 0 aromatic carbocycles. The maximum Gasteiger partial charge on any atom is 0.399 e. The molecule has 0 N–H and O–H groups in total. The Labute approximate surface area is 224 Å². The average Bonchev–Trinajstić information content (AvgIpc) is 2.75. The van der Waals surface area contributed by atoms with Gasteiger partial charge in [-0.25, -0.2) is 8.37 Å². The molecule has 0 bridgehead atoms. The van der Waals surface area contributed by atoms with Crippen LogP contribution in [0.1, 0.15) is 155 Å². The van der Waals surface area contributed by atoms with E-state index in [2.05, 4.69) is 13.8 Å². The summed E-state index contributed by atoms with van der Waals surface area (Å²) in [7, 11) is -3.81. The van der Waals surface area contributed by atoms with Gasteiger partial charge >= 0.3 is 10.4 Å². The van der Waals surface area contributed by atoms with Crippen LogP contribution >= 0.6 is 0 Å². The topological polar surface area (TPSA) is 52.6 Å². The Hall–Kier alpha value is 0.870. The van der Waals surface area contributed by atoms with Gasteiger partial charge < -0.3 is 0 Å². The van der Waals surface area contributed by atoms with Gasteiger partial charge in [-0.05, 0) is 12.8 Å². The average molecular weight is 486 g/mol. The van der Waals surface area contributed by atoms with Gasteiger partial charge in [0.15, 0.2) is 0 Å². The molecule has 4 nitrogen and oxygen atoms in total. The van der Waals surface area contributed by atoms with Crippen LogP contribution in [0.25, 0.3) is 0 Å². The number of hydrogen-bond acceptors (Lipinski definition) is 4. The molecule has 0 unspecified atom stereocenters. The molecule has 0 aliphatic carbocycles. The second-order valence-electron chi connectivity index (χ2n) is 9.12. The van der Waals surface area contributed by atoms with E-state index >= 15 is 0 Å². The van der Waals surface area contributed by atoms with E-state index in [0.717, 1.165) is 32.1 Å². The molecule has 1 radical (unpaired) electrons. The van der Waals surface area contributed by atoms with E-state index in [-0.39, 0.29) is 42.8 Å². The summed E-state index contributed by atoms with van der Waals surface area (Å²) in [4.78, 5) is 0. The van der Waals surface area contributed by atoms with E-state index in [0.29, 0.717) is 0 Å². The van der Waals surface area contributed by atoms with Crippen LogP contribution in [0.15, 0.2) is 0 Å². The molecule has 0 atom stereocenters. The molecular formula is C26H54NaO4S. The van der Waals surface area contributed by atoms with Gasteiger partial charge in [0.25, 0.3) is 0 Å². The van der Waals surface area contributed by atoms with Gasteiger partial charge in [0, 0.05) is 29.6 Å². The maximum atomic E-state index is 11.7. The standard InChI is InChI=1S/C26H54O4S.Na/c1-3-5-7-9-11-13-15-16-18-20-22-24-26-30-31(27,28)29-25-23-21-19-17-14-12-10-8-6-4-2;/h3-26H2,1-2H3;. The Kier molecular flexibility index (Phi) is 30.8. The third-order valence-corrected chi connectivity index (χ3v) is 6.86. The van der Waals surface area contributed by atoms with Crippen LogP contribution in [0.4, 0.5) is 0 Å². The molecule has 0 spiro atoms. The molecule has 0 fully saturated rings. The predicted octanol–water partition coefficient (Wildman–Crippen LogP) is 8.51. The Bertz CT molecular complexity index is 443. The first-order valence-corrected chi connectivity index (χ1v) is 15.0. The SMILES string of the molecule is CCCCCCCCCCCCCCOS(=O)(=O)OCCCCCCCCCCCC.[Na]. The Morgan fingerprint density at radius 1 is 0.406 bits per heavy atom. The van der Waals surface area contributed by atoms with Crippen molar-refractivity contribution < 1.29 is 16.8 Å². The van der Waals surface area contributed by atoms with Crippen LogP contribution in [0.3, 0.4) is 0 Å². The third kappa shape index (κ3) is 28.9. The minimum Gasteiger partial charge on any atom is -0.248 e. The van der Waals surface area contributed by atoms with Gasteiger partial charge in [0.1, 0.15) is 0 Å². The summed E-state index contributed by atoms with van der Waals surface area (Å²) in [6, 6.07) is 0. The van der Waals surface area contributed by atoms with Crippen LogP contribution in [0, 0.1) is 0 Å². The minimum atomic E-state index is -3.81. The Balaban J connectivity index is 0.